The van der Waals surface area contributed by atoms with Crippen molar-refractivity contribution in [2.24, 2.45) is 5.84 Å². The van der Waals surface area contributed by atoms with Crippen molar-refractivity contribution in [2.45, 2.75) is 6.18 Å². The summed E-state index contributed by atoms with van der Waals surface area (Å²) in [5.41, 5.74) is 3.88. The van der Waals surface area contributed by atoms with Crippen molar-refractivity contribution in [3.05, 3.63) is 17.7 Å². The molecule has 0 amide bonds. The van der Waals surface area contributed by atoms with E-state index in [4.69, 9.17) is 5.84 Å². The molecule has 4 N–H and O–H groups in total. The number of hydrazine groups is 2. The van der Waals surface area contributed by atoms with E-state index in [0.29, 0.717) is 0 Å². The minimum atomic E-state index is -4.43. The molecule has 1 aromatic rings. The number of anilines is 2. The van der Waals surface area contributed by atoms with Crippen LogP contribution in [0.25, 0.3) is 0 Å². The van der Waals surface area contributed by atoms with Crippen LogP contribution in [0, 0.1) is 0 Å². The summed E-state index contributed by atoms with van der Waals surface area (Å²) in [6, 6.07) is 1.74. The monoisotopic (exact) mass is 235 g/mol. The van der Waals surface area contributed by atoms with E-state index in [1.165, 1.54) is 5.01 Å². The highest BCUT2D eigenvalue weighted by molar-refractivity contribution is 5.48. The van der Waals surface area contributed by atoms with E-state index < -0.39 is 11.7 Å². The van der Waals surface area contributed by atoms with Crippen LogP contribution in [-0.2, 0) is 6.18 Å². The zero-order valence-electron chi connectivity index (χ0n) is 8.76. The van der Waals surface area contributed by atoms with Gasteiger partial charge in [-0.2, -0.15) is 13.2 Å². The molecule has 0 aromatic carbocycles. The molecule has 0 aliphatic carbocycles. The van der Waals surface area contributed by atoms with Crippen molar-refractivity contribution in [3.8, 4) is 0 Å². The Bertz CT molecular complexity index is 363. The lowest BCUT2D eigenvalue weighted by Crippen LogP contribution is -2.22. The van der Waals surface area contributed by atoms with Crippen LogP contribution in [0.4, 0.5) is 24.8 Å². The number of nitrogens with two attached hydrogens (primary N) is 1. The molecule has 1 heterocycles. The lowest BCUT2D eigenvalue weighted by atomic mass is 10.2. The van der Waals surface area contributed by atoms with Crippen LogP contribution in [0.1, 0.15) is 5.56 Å². The van der Waals surface area contributed by atoms with Gasteiger partial charge in [0.15, 0.2) is 0 Å². The van der Waals surface area contributed by atoms with Gasteiger partial charge in [0, 0.05) is 14.1 Å². The van der Waals surface area contributed by atoms with Gasteiger partial charge in [-0.15, -0.1) is 0 Å². The van der Waals surface area contributed by atoms with Crippen molar-refractivity contribution in [3.63, 3.8) is 0 Å². The molecule has 16 heavy (non-hydrogen) atoms. The minimum absolute atomic E-state index is 0.0563. The number of nitrogen functional groups attached to an aromatic ring is 1. The van der Waals surface area contributed by atoms with E-state index in [1.54, 1.807) is 14.1 Å². The maximum absolute atomic E-state index is 12.5. The average molecular weight is 235 g/mol. The van der Waals surface area contributed by atoms with E-state index in [2.05, 4.69) is 15.8 Å². The van der Waals surface area contributed by atoms with Gasteiger partial charge in [-0.25, -0.2) is 15.8 Å². The molecule has 5 nitrogen and oxygen atoms in total. The number of halogens is 3. The summed E-state index contributed by atoms with van der Waals surface area (Å²) in [7, 11) is 3.27. The Labute approximate surface area is 90.4 Å². The van der Waals surface area contributed by atoms with Crippen molar-refractivity contribution in [2.75, 3.05) is 24.9 Å². The number of hydrogen-bond donors (Lipinski definition) is 3. The first-order valence-corrected chi connectivity index (χ1v) is 4.33. The molecule has 0 aliphatic heterocycles. The number of alkyl halides is 3. The van der Waals surface area contributed by atoms with Crippen LogP contribution in [-0.4, -0.2) is 24.1 Å². The third-order valence-corrected chi connectivity index (χ3v) is 1.64. The van der Waals surface area contributed by atoms with E-state index in [1.807, 2.05) is 0 Å². The van der Waals surface area contributed by atoms with Crippen LogP contribution in [0.15, 0.2) is 12.1 Å². The average Bonchev–Trinajstić information content (AvgIpc) is 2.14. The third kappa shape index (κ3) is 3.24. The fraction of sp³-hybridized carbons (Fsp3) is 0.375. The highest BCUT2D eigenvalue weighted by atomic mass is 19.4. The molecule has 0 atom stereocenters. The van der Waals surface area contributed by atoms with E-state index in [0.717, 1.165) is 12.1 Å². The first kappa shape index (κ1) is 12.5. The second kappa shape index (κ2) is 4.54. The highest BCUT2D eigenvalue weighted by Gasteiger charge is 2.31. The van der Waals surface area contributed by atoms with Gasteiger partial charge in [-0.1, -0.05) is 0 Å². The first-order valence-electron chi connectivity index (χ1n) is 4.33. The maximum Gasteiger partial charge on any atom is 0.416 e. The smallest absolute Gasteiger partial charge is 0.308 e. The van der Waals surface area contributed by atoms with Crippen molar-refractivity contribution in [1.82, 2.24) is 9.99 Å². The Kier molecular flexibility index (Phi) is 3.55. The molecule has 0 saturated carbocycles. The van der Waals surface area contributed by atoms with Crippen LogP contribution in [0.3, 0.4) is 0 Å². The van der Waals surface area contributed by atoms with Crippen molar-refractivity contribution < 1.29 is 13.2 Å². The van der Waals surface area contributed by atoms with Crippen LogP contribution < -0.4 is 16.7 Å². The van der Waals surface area contributed by atoms with Gasteiger partial charge < -0.3 is 10.9 Å². The molecule has 0 saturated heterocycles. The van der Waals surface area contributed by atoms with Gasteiger partial charge in [0.1, 0.15) is 11.6 Å². The quantitative estimate of drug-likeness (QED) is 0.544. The predicted molar refractivity (Wildman–Crippen MR) is 54.4 cm³/mol. The van der Waals surface area contributed by atoms with Crippen LogP contribution in [0.5, 0.6) is 0 Å². The summed E-state index contributed by atoms with van der Waals surface area (Å²) < 4.78 is 37.5. The minimum Gasteiger partial charge on any atom is -0.308 e. The maximum atomic E-state index is 12.5. The van der Waals surface area contributed by atoms with E-state index >= 15 is 0 Å². The fourth-order valence-corrected chi connectivity index (χ4v) is 1.05. The normalized spacial score (nSPS) is 11.7. The Morgan fingerprint density at radius 2 is 1.81 bits per heavy atom. The molecule has 8 heteroatoms. The molecule has 0 bridgehead atoms. The molecular weight excluding hydrogens is 223 g/mol. The van der Waals surface area contributed by atoms with E-state index in [9.17, 15) is 13.2 Å². The van der Waals surface area contributed by atoms with Crippen LogP contribution >= 0.6 is 0 Å². The van der Waals surface area contributed by atoms with Gasteiger partial charge in [-0.05, 0) is 12.1 Å². The summed E-state index contributed by atoms with van der Waals surface area (Å²) in [4.78, 5) is 3.82. The van der Waals surface area contributed by atoms with Gasteiger partial charge in [0.05, 0.1) is 5.56 Å². The van der Waals surface area contributed by atoms with E-state index in [-0.39, 0.29) is 11.6 Å². The zero-order valence-corrected chi connectivity index (χ0v) is 8.76. The van der Waals surface area contributed by atoms with Crippen LogP contribution in [0.2, 0.25) is 0 Å². The number of pyridine rings is 1. The summed E-state index contributed by atoms with van der Waals surface area (Å²) in [5, 5.41) is 1.47. The standard InChI is InChI=1S/C8H12F3N5/c1-16(2)15-7-4-5(8(9,10)11)3-6(13-7)14-12/h3-4H,12H2,1-2H3,(H2,13,14,15). The summed E-state index contributed by atoms with van der Waals surface area (Å²) in [6.07, 6.45) is -4.43. The number of rotatable bonds is 3. The van der Waals surface area contributed by atoms with Crippen molar-refractivity contribution in [1.29, 1.82) is 0 Å². The molecule has 0 radical (unpaired) electrons. The molecule has 0 unspecified atom stereocenters. The lowest BCUT2D eigenvalue weighted by Gasteiger charge is -2.15. The molecule has 1 aromatic heterocycles. The molecule has 1 rings (SSSR count). The first-order chi connectivity index (χ1) is 7.32. The lowest BCUT2D eigenvalue weighted by molar-refractivity contribution is -0.137. The Balaban J connectivity index is 3.11. The topological polar surface area (TPSA) is 66.2 Å². The molecule has 0 fully saturated rings. The number of nitrogens with one attached hydrogen (secondary N) is 2. The number of nitrogens with zero attached hydrogens (tertiary/aromatic N) is 2. The van der Waals surface area contributed by atoms with Gasteiger partial charge >= 0.3 is 6.18 Å². The molecule has 0 spiro atoms. The Hall–Kier alpha value is -1.54. The molecule has 0 aliphatic rings. The van der Waals surface area contributed by atoms with Gasteiger partial charge in [-0.3, -0.25) is 0 Å². The highest BCUT2D eigenvalue weighted by Crippen LogP contribution is 2.31. The largest absolute Gasteiger partial charge is 0.416 e. The predicted octanol–water partition coefficient (Wildman–Crippen LogP) is 1.27. The third-order valence-electron chi connectivity index (χ3n) is 1.64. The summed E-state index contributed by atoms with van der Waals surface area (Å²) >= 11 is 0. The zero-order chi connectivity index (χ0) is 12.3. The number of aromatic nitrogens is 1. The Morgan fingerprint density at radius 3 is 2.25 bits per heavy atom. The van der Waals surface area contributed by atoms with Crippen molar-refractivity contribution >= 4 is 11.6 Å². The summed E-state index contributed by atoms with van der Waals surface area (Å²) in [5.74, 6) is 5.05. The molecule has 90 valence electrons. The number of hydrogen-bond acceptors (Lipinski definition) is 5. The second-order valence-electron chi connectivity index (χ2n) is 3.27. The second-order valence-corrected chi connectivity index (χ2v) is 3.27. The SMILES string of the molecule is CN(C)Nc1cc(C(F)(F)F)cc(NN)n1. The van der Waals surface area contributed by atoms with Gasteiger partial charge in [0.2, 0.25) is 0 Å². The fourth-order valence-electron chi connectivity index (χ4n) is 1.05. The Morgan fingerprint density at radius 1 is 1.25 bits per heavy atom. The summed E-state index contributed by atoms with van der Waals surface area (Å²) in [6.45, 7) is 0. The van der Waals surface area contributed by atoms with Gasteiger partial charge in [0.25, 0.3) is 0 Å². The molecular formula is C8H12F3N5.